The zero-order chi connectivity index (χ0) is 12.4. The first-order chi connectivity index (χ1) is 7.60. The maximum Gasteiger partial charge on any atom is 0.0596 e. The lowest BCUT2D eigenvalue weighted by Crippen LogP contribution is -2.28. The molecule has 0 rings (SSSR count). The van der Waals surface area contributed by atoms with Gasteiger partial charge in [-0.1, -0.05) is 6.92 Å². The predicted octanol–water partition coefficient (Wildman–Crippen LogP) is 2.12. The largest absolute Gasteiger partial charge is 0.377 e. The molecule has 16 heavy (non-hydrogen) atoms. The second-order valence-corrected chi connectivity index (χ2v) is 4.76. The van der Waals surface area contributed by atoms with Crippen LogP contribution >= 0.6 is 0 Å². The highest BCUT2D eigenvalue weighted by molar-refractivity contribution is 4.63. The Kier molecular flexibility index (Phi) is 9.99. The molecule has 0 fully saturated rings. The van der Waals surface area contributed by atoms with Crippen molar-refractivity contribution in [3.05, 3.63) is 0 Å². The minimum atomic E-state index is 0.349. The smallest absolute Gasteiger partial charge is 0.0596 e. The highest BCUT2D eigenvalue weighted by atomic mass is 16.5. The Morgan fingerprint density at radius 2 is 1.94 bits per heavy atom. The summed E-state index contributed by atoms with van der Waals surface area (Å²) in [5, 5.41) is 3.34. The predicted molar refractivity (Wildman–Crippen MR) is 71.0 cm³/mol. The summed E-state index contributed by atoms with van der Waals surface area (Å²) in [7, 11) is 4.22. The van der Waals surface area contributed by atoms with Crippen LogP contribution in [0.1, 0.15) is 40.0 Å². The third-order valence-corrected chi connectivity index (χ3v) is 2.92. The second kappa shape index (κ2) is 10.1. The highest BCUT2D eigenvalue weighted by Gasteiger charge is 2.04. The molecule has 0 saturated heterocycles. The number of nitrogens with one attached hydrogen (secondary N) is 1. The number of hydrogen-bond acceptors (Lipinski definition) is 3. The van der Waals surface area contributed by atoms with Crippen LogP contribution in [0.2, 0.25) is 0 Å². The van der Waals surface area contributed by atoms with Crippen molar-refractivity contribution in [3.8, 4) is 0 Å². The Hall–Kier alpha value is -0.120. The minimum Gasteiger partial charge on any atom is -0.377 e. The van der Waals surface area contributed by atoms with Gasteiger partial charge in [-0.15, -0.1) is 0 Å². The standard InChI is InChI=1S/C13H30N2O/c1-6-13(14-4)8-7-9-15(5)10-11-16-12(2)3/h12-14H,6-11H2,1-5H3. The van der Waals surface area contributed by atoms with E-state index in [1.807, 2.05) is 7.05 Å². The molecule has 0 bridgehead atoms. The van der Waals surface area contributed by atoms with Crippen LogP contribution in [0.25, 0.3) is 0 Å². The van der Waals surface area contributed by atoms with Gasteiger partial charge in [0.05, 0.1) is 12.7 Å². The molecule has 1 atom stereocenters. The van der Waals surface area contributed by atoms with Crippen LogP contribution < -0.4 is 5.32 Å². The molecule has 3 nitrogen and oxygen atoms in total. The molecule has 0 aromatic heterocycles. The summed E-state index contributed by atoms with van der Waals surface area (Å²) in [5.41, 5.74) is 0. The molecule has 0 aromatic carbocycles. The summed E-state index contributed by atoms with van der Waals surface area (Å²) in [6.45, 7) is 9.45. The monoisotopic (exact) mass is 230 g/mol. The Morgan fingerprint density at radius 3 is 2.44 bits per heavy atom. The highest BCUT2D eigenvalue weighted by Crippen LogP contribution is 2.02. The number of rotatable bonds is 10. The molecular weight excluding hydrogens is 200 g/mol. The van der Waals surface area contributed by atoms with Gasteiger partial charge in [0.1, 0.15) is 0 Å². The lowest BCUT2D eigenvalue weighted by Gasteiger charge is -2.19. The van der Waals surface area contributed by atoms with Gasteiger partial charge in [-0.25, -0.2) is 0 Å². The molecule has 98 valence electrons. The lowest BCUT2D eigenvalue weighted by molar-refractivity contribution is 0.0635. The first-order valence-corrected chi connectivity index (χ1v) is 6.57. The van der Waals surface area contributed by atoms with Crippen LogP contribution in [0.5, 0.6) is 0 Å². The van der Waals surface area contributed by atoms with Crippen molar-refractivity contribution in [2.75, 3.05) is 33.8 Å². The SMILES string of the molecule is CCC(CCCN(C)CCOC(C)C)NC. The van der Waals surface area contributed by atoms with E-state index < -0.39 is 0 Å². The topological polar surface area (TPSA) is 24.5 Å². The van der Waals surface area contributed by atoms with Gasteiger partial charge in [0.25, 0.3) is 0 Å². The van der Waals surface area contributed by atoms with Gasteiger partial charge in [-0.3, -0.25) is 0 Å². The lowest BCUT2D eigenvalue weighted by atomic mass is 10.1. The van der Waals surface area contributed by atoms with Crippen molar-refractivity contribution in [2.45, 2.75) is 52.2 Å². The number of hydrogen-bond donors (Lipinski definition) is 1. The molecule has 0 amide bonds. The molecule has 3 heteroatoms. The Morgan fingerprint density at radius 1 is 1.25 bits per heavy atom. The average Bonchev–Trinajstić information content (AvgIpc) is 2.24. The molecule has 0 aliphatic rings. The molecule has 0 saturated carbocycles. The molecule has 0 aliphatic heterocycles. The molecule has 0 spiro atoms. The van der Waals surface area contributed by atoms with E-state index in [0.717, 1.165) is 13.2 Å². The van der Waals surface area contributed by atoms with Crippen LogP contribution in [0.4, 0.5) is 0 Å². The zero-order valence-electron chi connectivity index (χ0n) is 11.8. The van der Waals surface area contributed by atoms with E-state index in [9.17, 15) is 0 Å². The summed E-state index contributed by atoms with van der Waals surface area (Å²) in [6, 6.07) is 0.681. The van der Waals surface area contributed by atoms with E-state index in [1.54, 1.807) is 0 Å². The van der Waals surface area contributed by atoms with E-state index >= 15 is 0 Å². The van der Waals surface area contributed by atoms with Crippen LogP contribution in [0.15, 0.2) is 0 Å². The molecule has 0 aliphatic carbocycles. The van der Waals surface area contributed by atoms with E-state index in [-0.39, 0.29) is 0 Å². The first-order valence-electron chi connectivity index (χ1n) is 6.57. The number of likely N-dealkylation sites (N-methyl/N-ethyl adjacent to an activating group) is 1. The fourth-order valence-corrected chi connectivity index (χ4v) is 1.72. The van der Waals surface area contributed by atoms with Crippen LogP contribution in [0, 0.1) is 0 Å². The van der Waals surface area contributed by atoms with Crippen molar-refractivity contribution < 1.29 is 4.74 Å². The molecule has 0 aromatic rings. The van der Waals surface area contributed by atoms with Gasteiger partial charge in [-0.2, -0.15) is 0 Å². The normalized spacial score (nSPS) is 13.7. The maximum absolute atomic E-state index is 5.53. The van der Waals surface area contributed by atoms with Crippen molar-refractivity contribution in [1.82, 2.24) is 10.2 Å². The van der Waals surface area contributed by atoms with E-state index in [0.29, 0.717) is 12.1 Å². The van der Waals surface area contributed by atoms with E-state index in [2.05, 4.69) is 38.0 Å². The van der Waals surface area contributed by atoms with E-state index in [1.165, 1.54) is 25.8 Å². The fraction of sp³-hybridized carbons (Fsp3) is 1.00. The zero-order valence-corrected chi connectivity index (χ0v) is 11.8. The van der Waals surface area contributed by atoms with Gasteiger partial charge in [0.2, 0.25) is 0 Å². The third kappa shape index (κ3) is 9.13. The van der Waals surface area contributed by atoms with Crippen LogP contribution in [-0.4, -0.2) is 50.8 Å². The number of ether oxygens (including phenoxy) is 1. The summed E-state index contributed by atoms with van der Waals surface area (Å²) in [4.78, 5) is 2.35. The summed E-state index contributed by atoms with van der Waals surface area (Å²) in [6.07, 6.45) is 4.10. The van der Waals surface area contributed by atoms with Gasteiger partial charge >= 0.3 is 0 Å². The Balaban J connectivity index is 3.39. The first kappa shape index (κ1) is 15.9. The summed E-state index contributed by atoms with van der Waals surface area (Å²) in [5.74, 6) is 0. The van der Waals surface area contributed by atoms with Crippen molar-refractivity contribution in [2.24, 2.45) is 0 Å². The van der Waals surface area contributed by atoms with Crippen LogP contribution in [-0.2, 0) is 4.74 Å². The van der Waals surface area contributed by atoms with E-state index in [4.69, 9.17) is 4.74 Å². The van der Waals surface area contributed by atoms with Gasteiger partial charge < -0.3 is 15.0 Å². The molecule has 0 radical (unpaired) electrons. The van der Waals surface area contributed by atoms with Gasteiger partial charge in [-0.05, 0) is 53.8 Å². The van der Waals surface area contributed by atoms with Crippen molar-refractivity contribution in [3.63, 3.8) is 0 Å². The average molecular weight is 230 g/mol. The Labute approximate surface area is 102 Å². The minimum absolute atomic E-state index is 0.349. The maximum atomic E-state index is 5.53. The molecule has 1 N–H and O–H groups in total. The fourth-order valence-electron chi connectivity index (χ4n) is 1.72. The molecule has 0 heterocycles. The second-order valence-electron chi connectivity index (χ2n) is 4.76. The van der Waals surface area contributed by atoms with Crippen LogP contribution in [0.3, 0.4) is 0 Å². The van der Waals surface area contributed by atoms with Gasteiger partial charge in [0.15, 0.2) is 0 Å². The summed E-state index contributed by atoms with van der Waals surface area (Å²) >= 11 is 0. The van der Waals surface area contributed by atoms with Crippen molar-refractivity contribution >= 4 is 0 Å². The number of nitrogens with zero attached hydrogens (tertiary/aromatic N) is 1. The molecular formula is C13H30N2O. The summed E-state index contributed by atoms with van der Waals surface area (Å²) < 4.78 is 5.53. The molecule has 1 unspecified atom stereocenters. The van der Waals surface area contributed by atoms with Gasteiger partial charge in [0, 0.05) is 12.6 Å². The quantitative estimate of drug-likeness (QED) is 0.622. The van der Waals surface area contributed by atoms with Crippen molar-refractivity contribution in [1.29, 1.82) is 0 Å². The Bertz CT molecular complexity index is 147. The third-order valence-electron chi connectivity index (χ3n) is 2.92.